The van der Waals surface area contributed by atoms with Crippen molar-refractivity contribution in [2.45, 2.75) is 19.0 Å². The van der Waals surface area contributed by atoms with E-state index in [1.807, 2.05) is 30.3 Å². The van der Waals surface area contributed by atoms with Gasteiger partial charge in [0, 0.05) is 46.7 Å². The van der Waals surface area contributed by atoms with Crippen LogP contribution >= 0.6 is 0 Å². The summed E-state index contributed by atoms with van der Waals surface area (Å²) in [5.41, 5.74) is 1.01. The standard InChI is InChI=1S/C17H24N4O4S/c1-19(2)26(24,25)20-11-15(12-20)21-10-14(8-16(21)22)17(23)18-9-13-6-4-3-5-7-13/h3-7,14-15H,8-12H2,1-2H3,(H,18,23). The number of nitrogens with one attached hydrogen (secondary N) is 1. The molecule has 2 amide bonds. The number of amides is 2. The van der Waals surface area contributed by atoms with E-state index in [2.05, 4.69) is 5.32 Å². The zero-order chi connectivity index (χ0) is 18.9. The Bertz CT molecular complexity index is 775. The maximum atomic E-state index is 12.3. The highest BCUT2D eigenvalue weighted by Gasteiger charge is 2.45. The van der Waals surface area contributed by atoms with Crippen LogP contribution in [0, 0.1) is 5.92 Å². The lowest BCUT2D eigenvalue weighted by molar-refractivity contribution is -0.132. The maximum Gasteiger partial charge on any atom is 0.281 e. The van der Waals surface area contributed by atoms with Gasteiger partial charge in [0.2, 0.25) is 11.8 Å². The van der Waals surface area contributed by atoms with Crippen LogP contribution in [0.15, 0.2) is 30.3 Å². The number of carbonyl (C=O) groups is 2. The average Bonchev–Trinajstić information content (AvgIpc) is 2.93. The van der Waals surface area contributed by atoms with Gasteiger partial charge in [0.15, 0.2) is 0 Å². The minimum atomic E-state index is -3.44. The van der Waals surface area contributed by atoms with Crippen LogP contribution in [-0.4, -0.2) is 73.5 Å². The van der Waals surface area contributed by atoms with E-state index in [1.54, 1.807) is 4.90 Å². The van der Waals surface area contributed by atoms with Crippen molar-refractivity contribution in [3.63, 3.8) is 0 Å². The van der Waals surface area contributed by atoms with Crippen molar-refractivity contribution in [2.75, 3.05) is 33.7 Å². The second-order valence-electron chi connectivity index (χ2n) is 6.91. The highest BCUT2D eigenvalue weighted by molar-refractivity contribution is 7.86. The fourth-order valence-corrected chi connectivity index (χ4v) is 4.41. The summed E-state index contributed by atoms with van der Waals surface area (Å²) in [6, 6.07) is 9.45. The van der Waals surface area contributed by atoms with Crippen LogP contribution in [0.3, 0.4) is 0 Å². The SMILES string of the molecule is CN(C)S(=O)(=O)N1CC(N2CC(C(=O)NCc3ccccc3)CC2=O)C1. The van der Waals surface area contributed by atoms with Gasteiger partial charge in [0.1, 0.15) is 0 Å². The van der Waals surface area contributed by atoms with E-state index in [4.69, 9.17) is 0 Å². The molecule has 0 bridgehead atoms. The molecule has 8 nitrogen and oxygen atoms in total. The predicted octanol–water partition coefficient (Wildman–Crippen LogP) is -0.358. The molecule has 1 N–H and O–H groups in total. The quantitative estimate of drug-likeness (QED) is 0.730. The van der Waals surface area contributed by atoms with Crippen molar-refractivity contribution in [3.05, 3.63) is 35.9 Å². The Morgan fingerprint density at radius 3 is 2.46 bits per heavy atom. The lowest BCUT2D eigenvalue weighted by Crippen LogP contribution is -2.63. The monoisotopic (exact) mass is 380 g/mol. The number of rotatable bonds is 6. The summed E-state index contributed by atoms with van der Waals surface area (Å²) in [5, 5.41) is 2.87. The highest BCUT2D eigenvalue weighted by atomic mass is 32.2. The van der Waals surface area contributed by atoms with Gasteiger partial charge in [-0.05, 0) is 5.56 Å². The van der Waals surface area contributed by atoms with Gasteiger partial charge in [-0.25, -0.2) is 0 Å². The van der Waals surface area contributed by atoms with Gasteiger partial charge in [-0.15, -0.1) is 0 Å². The number of hydrogen-bond acceptors (Lipinski definition) is 4. The number of nitrogens with zero attached hydrogens (tertiary/aromatic N) is 3. The summed E-state index contributed by atoms with van der Waals surface area (Å²) >= 11 is 0. The van der Waals surface area contributed by atoms with E-state index in [0.29, 0.717) is 13.1 Å². The molecule has 2 aliphatic rings. The van der Waals surface area contributed by atoms with Crippen LogP contribution in [0.5, 0.6) is 0 Å². The molecular formula is C17H24N4O4S. The summed E-state index contributed by atoms with van der Waals surface area (Å²) in [7, 11) is -0.474. The summed E-state index contributed by atoms with van der Waals surface area (Å²) in [6.45, 7) is 1.35. The Kier molecular flexibility index (Phi) is 5.31. The predicted molar refractivity (Wildman–Crippen MR) is 96.1 cm³/mol. The molecule has 2 saturated heterocycles. The van der Waals surface area contributed by atoms with E-state index in [0.717, 1.165) is 9.87 Å². The normalized spacial score (nSPS) is 21.9. The molecule has 2 aliphatic heterocycles. The van der Waals surface area contributed by atoms with Gasteiger partial charge in [0.25, 0.3) is 10.2 Å². The van der Waals surface area contributed by atoms with Crippen molar-refractivity contribution in [1.29, 1.82) is 0 Å². The van der Waals surface area contributed by atoms with Gasteiger partial charge in [0.05, 0.1) is 12.0 Å². The van der Waals surface area contributed by atoms with E-state index < -0.39 is 10.2 Å². The Morgan fingerprint density at radius 2 is 1.85 bits per heavy atom. The Hall–Kier alpha value is -1.97. The molecule has 9 heteroatoms. The molecule has 1 aromatic carbocycles. The summed E-state index contributed by atoms with van der Waals surface area (Å²) in [6.07, 6.45) is 0.178. The average molecular weight is 380 g/mol. The fraction of sp³-hybridized carbons (Fsp3) is 0.529. The van der Waals surface area contributed by atoms with Gasteiger partial charge in [-0.1, -0.05) is 30.3 Å². The first kappa shape index (κ1) is 18.8. The summed E-state index contributed by atoms with van der Waals surface area (Å²) < 4.78 is 26.6. The topological polar surface area (TPSA) is 90.0 Å². The van der Waals surface area contributed by atoms with Crippen molar-refractivity contribution in [1.82, 2.24) is 18.8 Å². The molecule has 0 aromatic heterocycles. The largest absolute Gasteiger partial charge is 0.352 e. The van der Waals surface area contributed by atoms with Gasteiger partial charge in [-0.3, -0.25) is 9.59 Å². The van der Waals surface area contributed by atoms with Crippen LogP contribution in [0.25, 0.3) is 0 Å². The van der Waals surface area contributed by atoms with Crippen LogP contribution in [-0.2, 0) is 26.3 Å². The van der Waals surface area contributed by atoms with E-state index >= 15 is 0 Å². The number of benzene rings is 1. The fourth-order valence-electron chi connectivity index (χ4n) is 3.22. The maximum absolute atomic E-state index is 12.3. The molecule has 0 radical (unpaired) electrons. The zero-order valence-electron chi connectivity index (χ0n) is 15.0. The third-order valence-corrected chi connectivity index (χ3v) is 6.77. The second kappa shape index (κ2) is 7.34. The molecule has 2 heterocycles. The first-order valence-corrected chi connectivity index (χ1v) is 9.97. The molecule has 142 valence electrons. The van der Waals surface area contributed by atoms with E-state index in [-0.39, 0.29) is 43.3 Å². The third-order valence-electron chi connectivity index (χ3n) is 4.90. The first-order valence-electron chi connectivity index (χ1n) is 8.57. The number of hydrogen-bond donors (Lipinski definition) is 1. The molecule has 0 aliphatic carbocycles. The van der Waals surface area contributed by atoms with Gasteiger partial charge >= 0.3 is 0 Å². The van der Waals surface area contributed by atoms with Crippen LogP contribution < -0.4 is 5.32 Å². The van der Waals surface area contributed by atoms with Crippen LogP contribution in [0.2, 0.25) is 0 Å². The Labute approximate surface area is 153 Å². The molecule has 1 atom stereocenters. The highest BCUT2D eigenvalue weighted by Crippen LogP contribution is 2.27. The minimum absolute atomic E-state index is 0.0863. The third kappa shape index (κ3) is 3.74. The van der Waals surface area contributed by atoms with Crippen molar-refractivity contribution in [3.8, 4) is 0 Å². The Balaban J connectivity index is 1.51. The molecule has 0 spiro atoms. The van der Waals surface area contributed by atoms with Crippen molar-refractivity contribution < 1.29 is 18.0 Å². The molecule has 1 aromatic rings. The van der Waals surface area contributed by atoms with Crippen LogP contribution in [0.4, 0.5) is 0 Å². The van der Waals surface area contributed by atoms with Crippen molar-refractivity contribution >= 4 is 22.0 Å². The molecular weight excluding hydrogens is 356 g/mol. The Morgan fingerprint density at radius 1 is 1.19 bits per heavy atom. The van der Waals surface area contributed by atoms with E-state index in [1.165, 1.54) is 18.4 Å². The smallest absolute Gasteiger partial charge is 0.281 e. The van der Waals surface area contributed by atoms with Crippen LogP contribution in [0.1, 0.15) is 12.0 Å². The second-order valence-corrected chi connectivity index (χ2v) is 9.05. The lowest BCUT2D eigenvalue weighted by Gasteiger charge is -2.43. The molecule has 1 unspecified atom stereocenters. The number of carbonyl (C=O) groups excluding carboxylic acids is 2. The van der Waals surface area contributed by atoms with Gasteiger partial charge in [-0.2, -0.15) is 17.0 Å². The van der Waals surface area contributed by atoms with Gasteiger partial charge < -0.3 is 10.2 Å². The lowest BCUT2D eigenvalue weighted by atomic mass is 10.1. The summed E-state index contributed by atoms with van der Waals surface area (Å²) in [5.74, 6) is -0.607. The van der Waals surface area contributed by atoms with E-state index in [9.17, 15) is 18.0 Å². The molecule has 2 fully saturated rings. The molecule has 0 saturated carbocycles. The zero-order valence-corrected chi connectivity index (χ0v) is 15.8. The number of likely N-dealkylation sites (tertiary alicyclic amines) is 1. The first-order chi connectivity index (χ1) is 12.3. The summed E-state index contributed by atoms with van der Waals surface area (Å²) in [4.78, 5) is 26.3. The molecule has 3 rings (SSSR count). The molecule has 26 heavy (non-hydrogen) atoms. The minimum Gasteiger partial charge on any atom is -0.352 e. The van der Waals surface area contributed by atoms with Crippen molar-refractivity contribution in [2.24, 2.45) is 5.92 Å².